The minimum absolute atomic E-state index is 0.194. The molecule has 0 saturated carbocycles. The van der Waals surface area contributed by atoms with Crippen molar-refractivity contribution in [1.82, 2.24) is 19.9 Å². The van der Waals surface area contributed by atoms with Crippen molar-refractivity contribution in [1.29, 1.82) is 0 Å². The lowest BCUT2D eigenvalue weighted by Gasteiger charge is -2.29. The Labute approximate surface area is 236 Å². The molecule has 6 rings (SSSR count). The van der Waals surface area contributed by atoms with Gasteiger partial charge in [0.15, 0.2) is 0 Å². The van der Waals surface area contributed by atoms with E-state index >= 15 is 0 Å². The molecule has 0 amide bonds. The van der Waals surface area contributed by atoms with Crippen molar-refractivity contribution in [2.75, 3.05) is 36.4 Å². The van der Waals surface area contributed by atoms with Crippen LogP contribution < -0.4 is 21.1 Å². The molecule has 0 radical (unpaired) electrons. The fourth-order valence-corrected chi connectivity index (χ4v) is 5.41. The molecule has 202 valence electrons. The molecule has 7 nitrogen and oxygen atoms in total. The van der Waals surface area contributed by atoms with Gasteiger partial charge in [-0.05, 0) is 48.4 Å². The fraction of sp³-hybridized carbons (Fsp3) is 0.194. The zero-order chi connectivity index (χ0) is 27.6. The van der Waals surface area contributed by atoms with Gasteiger partial charge in [-0.15, -0.1) is 0 Å². The van der Waals surface area contributed by atoms with E-state index in [4.69, 9.17) is 11.6 Å². The second kappa shape index (κ2) is 11.1. The standard InChI is InChI=1S/C31H28ClFN6O/c1-2-39-29-22(16-25(30(39)40)24-10-8-21(17-26(24)32)20-6-4-3-5-7-20)19-35-31(37-29)36-23-9-11-28(27(33)18-23)38-14-12-34-13-15-38/h3-11,16-19,34H,2,12-15H2,1H3,(H,35,36,37). The Morgan fingerprint density at radius 1 is 0.975 bits per heavy atom. The molecule has 2 aromatic heterocycles. The third kappa shape index (κ3) is 5.03. The predicted molar refractivity (Wildman–Crippen MR) is 160 cm³/mol. The van der Waals surface area contributed by atoms with Crippen LogP contribution in [-0.2, 0) is 6.54 Å². The van der Waals surface area contributed by atoms with Gasteiger partial charge >= 0.3 is 0 Å². The van der Waals surface area contributed by atoms with Crippen molar-refractivity contribution in [3.63, 3.8) is 0 Å². The van der Waals surface area contributed by atoms with Crippen LogP contribution in [0.5, 0.6) is 0 Å². The molecule has 0 unspecified atom stereocenters. The molecule has 9 heteroatoms. The number of fused-ring (bicyclic) bond motifs is 1. The molecule has 0 bridgehead atoms. The molecule has 1 aliphatic rings. The summed E-state index contributed by atoms with van der Waals surface area (Å²) >= 11 is 6.70. The Morgan fingerprint density at radius 3 is 2.50 bits per heavy atom. The SMILES string of the molecule is CCn1c(=O)c(-c2ccc(-c3ccccc3)cc2Cl)cc2cnc(Nc3ccc(N4CCNCC4)c(F)c3)nc21. The zero-order valence-electron chi connectivity index (χ0n) is 22.0. The van der Waals surface area contributed by atoms with Crippen molar-refractivity contribution in [2.45, 2.75) is 13.5 Å². The zero-order valence-corrected chi connectivity index (χ0v) is 22.8. The number of anilines is 3. The summed E-state index contributed by atoms with van der Waals surface area (Å²) in [6.07, 6.45) is 1.66. The maximum Gasteiger partial charge on any atom is 0.260 e. The van der Waals surface area contributed by atoms with Crippen LogP contribution >= 0.6 is 11.6 Å². The maximum atomic E-state index is 14.9. The summed E-state index contributed by atoms with van der Waals surface area (Å²) in [6, 6.07) is 22.5. The lowest BCUT2D eigenvalue weighted by Crippen LogP contribution is -2.43. The third-order valence-electron chi connectivity index (χ3n) is 7.17. The van der Waals surface area contributed by atoms with Crippen LogP contribution in [0.15, 0.2) is 83.8 Å². The number of hydrogen-bond donors (Lipinski definition) is 2. The number of piperazine rings is 1. The van der Waals surface area contributed by atoms with E-state index in [1.54, 1.807) is 22.9 Å². The summed E-state index contributed by atoms with van der Waals surface area (Å²) in [5, 5.41) is 7.55. The summed E-state index contributed by atoms with van der Waals surface area (Å²) in [7, 11) is 0. The van der Waals surface area contributed by atoms with E-state index in [0.717, 1.165) is 37.3 Å². The average Bonchev–Trinajstić information content (AvgIpc) is 2.98. The second-order valence-corrected chi connectivity index (χ2v) is 10.1. The van der Waals surface area contributed by atoms with E-state index < -0.39 is 0 Å². The molecule has 3 heterocycles. The molecule has 0 aliphatic carbocycles. The molecule has 40 heavy (non-hydrogen) atoms. The number of benzene rings is 3. The number of nitrogens with zero attached hydrogens (tertiary/aromatic N) is 4. The monoisotopic (exact) mass is 554 g/mol. The van der Waals surface area contributed by atoms with Gasteiger partial charge in [-0.25, -0.2) is 9.37 Å². The van der Waals surface area contributed by atoms with Crippen molar-refractivity contribution in [2.24, 2.45) is 0 Å². The van der Waals surface area contributed by atoms with Gasteiger partial charge in [0.25, 0.3) is 5.56 Å². The highest BCUT2D eigenvalue weighted by atomic mass is 35.5. The Morgan fingerprint density at radius 2 is 1.77 bits per heavy atom. The molecule has 5 aromatic rings. The van der Waals surface area contributed by atoms with Gasteiger partial charge in [0.2, 0.25) is 5.95 Å². The Bertz CT molecular complexity index is 1750. The van der Waals surface area contributed by atoms with Crippen LogP contribution in [0.2, 0.25) is 5.02 Å². The number of aromatic nitrogens is 3. The van der Waals surface area contributed by atoms with Gasteiger partial charge in [0.05, 0.1) is 5.69 Å². The number of rotatable bonds is 6. The summed E-state index contributed by atoms with van der Waals surface area (Å²) in [5.74, 6) is -0.0284. The van der Waals surface area contributed by atoms with E-state index in [1.807, 2.05) is 66.4 Å². The molecule has 1 saturated heterocycles. The number of nitrogens with one attached hydrogen (secondary N) is 2. The van der Waals surface area contributed by atoms with Gasteiger partial charge in [0.1, 0.15) is 11.5 Å². The smallest absolute Gasteiger partial charge is 0.260 e. The van der Waals surface area contributed by atoms with Gasteiger partial charge < -0.3 is 15.5 Å². The highest BCUT2D eigenvalue weighted by molar-refractivity contribution is 6.33. The van der Waals surface area contributed by atoms with Crippen molar-refractivity contribution in [3.05, 3.63) is 100 Å². The van der Waals surface area contributed by atoms with E-state index in [1.165, 1.54) is 6.07 Å². The van der Waals surface area contributed by atoms with Crippen LogP contribution in [0.1, 0.15) is 6.92 Å². The average molecular weight is 555 g/mol. The highest BCUT2D eigenvalue weighted by Crippen LogP contribution is 2.32. The summed E-state index contributed by atoms with van der Waals surface area (Å²) in [4.78, 5) is 24.7. The van der Waals surface area contributed by atoms with Gasteiger partial charge in [-0.1, -0.05) is 54.1 Å². The molecule has 3 aromatic carbocycles. The molecular weight excluding hydrogens is 527 g/mol. The second-order valence-electron chi connectivity index (χ2n) is 9.67. The highest BCUT2D eigenvalue weighted by Gasteiger charge is 2.17. The quantitative estimate of drug-likeness (QED) is 0.264. The first-order valence-corrected chi connectivity index (χ1v) is 13.7. The van der Waals surface area contributed by atoms with Gasteiger partial charge in [0, 0.05) is 66.1 Å². The topological polar surface area (TPSA) is 75.1 Å². The molecule has 1 aliphatic heterocycles. The predicted octanol–water partition coefficient (Wildman–Crippen LogP) is 6.09. The van der Waals surface area contributed by atoms with E-state index in [-0.39, 0.29) is 17.3 Å². The lowest BCUT2D eigenvalue weighted by atomic mass is 10.0. The minimum Gasteiger partial charge on any atom is -0.367 e. The van der Waals surface area contributed by atoms with Crippen LogP contribution in [0.25, 0.3) is 33.3 Å². The molecular formula is C31H28ClFN6O. The number of pyridine rings is 1. The lowest BCUT2D eigenvalue weighted by molar-refractivity contribution is 0.566. The first-order valence-electron chi connectivity index (χ1n) is 13.3. The van der Waals surface area contributed by atoms with E-state index in [9.17, 15) is 9.18 Å². The summed E-state index contributed by atoms with van der Waals surface area (Å²) in [5.41, 5.74) is 4.56. The van der Waals surface area contributed by atoms with Crippen molar-refractivity contribution < 1.29 is 4.39 Å². The van der Waals surface area contributed by atoms with Crippen molar-refractivity contribution >= 4 is 40.0 Å². The van der Waals surface area contributed by atoms with Gasteiger partial charge in [-0.3, -0.25) is 9.36 Å². The first kappa shape index (κ1) is 26.0. The van der Waals surface area contributed by atoms with Crippen LogP contribution in [0, 0.1) is 5.82 Å². The van der Waals surface area contributed by atoms with Crippen molar-refractivity contribution in [3.8, 4) is 22.3 Å². The maximum absolute atomic E-state index is 14.9. The largest absolute Gasteiger partial charge is 0.367 e. The van der Waals surface area contributed by atoms with Crippen LogP contribution in [-0.4, -0.2) is 40.7 Å². The Hall–Kier alpha value is -4.27. The van der Waals surface area contributed by atoms with Crippen LogP contribution in [0.4, 0.5) is 21.7 Å². The van der Waals surface area contributed by atoms with Crippen LogP contribution in [0.3, 0.4) is 0 Å². The molecule has 0 spiro atoms. The Kier molecular flexibility index (Phi) is 7.19. The number of hydrogen-bond acceptors (Lipinski definition) is 6. The summed E-state index contributed by atoms with van der Waals surface area (Å²) < 4.78 is 16.5. The van der Waals surface area contributed by atoms with Gasteiger partial charge in [-0.2, -0.15) is 4.98 Å². The fourth-order valence-electron chi connectivity index (χ4n) is 5.13. The normalized spacial score (nSPS) is 13.5. The minimum atomic E-state index is -0.307. The Balaban J connectivity index is 1.32. The number of aryl methyl sites for hydroxylation is 1. The van der Waals surface area contributed by atoms with E-state index in [0.29, 0.717) is 45.1 Å². The molecule has 2 N–H and O–H groups in total. The number of halogens is 2. The van der Waals surface area contributed by atoms with E-state index in [2.05, 4.69) is 20.6 Å². The molecule has 1 fully saturated rings. The molecule has 0 atom stereocenters. The third-order valence-corrected chi connectivity index (χ3v) is 7.48. The first-order chi connectivity index (χ1) is 19.5. The summed E-state index contributed by atoms with van der Waals surface area (Å²) in [6.45, 7) is 5.48.